The molecule has 3 atom stereocenters. The van der Waals surface area contributed by atoms with Crippen LogP contribution in [-0.4, -0.2) is 51.4 Å². The molecule has 0 unspecified atom stereocenters. The summed E-state index contributed by atoms with van der Waals surface area (Å²) in [7, 11) is 1.55. The number of benzene rings is 1. The predicted octanol–water partition coefficient (Wildman–Crippen LogP) is 4.35. The molecule has 0 saturated carbocycles. The molecule has 1 amide bonds. The third-order valence-electron chi connectivity index (χ3n) is 6.59. The molecule has 0 aliphatic carbocycles. The summed E-state index contributed by atoms with van der Waals surface area (Å²) in [5, 5.41) is 24.8. The van der Waals surface area contributed by atoms with E-state index >= 15 is 0 Å². The van der Waals surface area contributed by atoms with Crippen molar-refractivity contribution in [2.24, 2.45) is 11.8 Å². The number of hydrogen-bond donors (Lipinski definition) is 2. The Kier molecular flexibility index (Phi) is 7.12. The molecule has 0 bridgehead atoms. The van der Waals surface area contributed by atoms with Crippen LogP contribution in [0.15, 0.2) is 28.8 Å². The summed E-state index contributed by atoms with van der Waals surface area (Å²) in [6.45, 7) is 11.5. The number of carbonyl (C=O) groups is 2. The van der Waals surface area contributed by atoms with Gasteiger partial charge in [0.1, 0.15) is 22.7 Å². The van der Waals surface area contributed by atoms with E-state index in [-0.39, 0.29) is 30.8 Å². The lowest BCUT2D eigenvalue weighted by atomic mass is 9.83. The maximum absolute atomic E-state index is 14.1. The van der Waals surface area contributed by atoms with Crippen LogP contribution in [0.25, 0.3) is 0 Å². The van der Waals surface area contributed by atoms with E-state index < -0.39 is 29.4 Å². The Hall–Kier alpha value is -2.87. The maximum atomic E-state index is 14.1. The molecule has 186 valence electrons. The van der Waals surface area contributed by atoms with Crippen LogP contribution >= 0.6 is 0 Å². The number of likely N-dealkylation sites (tertiary alicyclic amines) is 1. The molecule has 2 heterocycles. The third-order valence-corrected chi connectivity index (χ3v) is 6.59. The maximum Gasteiger partial charge on any atom is 0.329 e. The first-order valence-electron chi connectivity index (χ1n) is 11.7. The first-order chi connectivity index (χ1) is 15.9. The van der Waals surface area contributed by atoms with Gasteiger partial charge >= 0.3 is 5.97 Å². The van der Waals surface area contributed by atoms with Crippen molar-refractivity contribution >= 4 is 11.9 Å². The highest BCUT2D eigenvalue weighted by molar-refractivity contribution is 5.99. The zero-order valence-electron chi connectivity index (χ0n) is 21.1. The minimum absolute atomic E-state index is 0.00124. The zero-order chi connectivity index (χ0) is 25.4. The van der Waals surface area contributed by atoms with E-state index in [4.69, 9.17) is 9.26 Å². The molecule has 2 N–H and O–H groups in total. The molecule has 1 fully saturated rings. The molecule has 1 aliphatic heterocycles. The molecule has 1 aliphatic rings. The second-order valence-electron chi connectivity index (χ2n) is 10.7. The number of aliphatic hydroxyl groups excluding tert-OH is 1. The number of hydrogen-bond acceptors (Lipinski definition) is 6. The molecule has 2 aromatic rings. The number of aliphatic hydroxyl groups is 1. The van der Waals surface area contributed by atoms with E-state index in [9.17, 15) is 19.8 Å². The van der Waals surface area contributed by atoms with E-state index in [0.29, 0.717) is 22.8 Å². The third kappa shape index (κ3) is 4.56. The molecule has 8 nitrogen and oxygen atoms in total. The van der Waals surface area contributed by atoms with Gasteiger partial charge in [0.25, 0.3) is 5.91 Å². The normalized spacial score (nSPS) is 22.9. The zero-order valence-corrected chi connectivity index (χ0v) is 21.1. The van der Waals surface area contributed by atoms with Crippen LogP contribution in [0.4, 0.5) is 0 Å². The van der Waals surface area contributed by atoms with Gasteiger partial charge < -0.3 is 24.4 Å². The van der Waals surface area contributed by atoms with Crippen LogP contribution in [0, 0.1) is 18.8 Å². The number of aromatic nitrogens is 1. The fourth-order valence-corrected chi connectivity index (χ4v) is 5.22. The Balaban J connectivity index is 2.21. The number of methoxy groups -OCH3 is 1. The number of ether oxygens (including phenoxy) is 1. The van der Waals surface area contributed by atoms with Crippen molar-refractivity contribution < 1.29 is 29.1 Å². The van der Waals surface area contributed by atoms with E-state index in [1.54, 1.807) is 32.2 Å². The lowest BCUT2D eigenvalue weighted by Crippen LogP contribution is -2.54. The fourth-order valence-electron chi connectivity index (χ4n) is 5.22. The van der Waals surface area contributed by atoms with E-state index in [2.05, 4.69) is 25.9 Å². The van der Waals surface area contributed by atoms with Gasteiger partial charge in [0.05, 0.1) is 13.2 Å². The van der Waals surface area contributed by atoms with Crippen molar-refractivity contribution in [3.8, 4) is 5.75 Å². The molecule has 0 radical (unpaired) electrons. The number of aliphatic carboxylic acids is 1. The summed E-state index contributed by atoms with van der Waals surface area (Å²) in [5.74, 6) is -0.917. The standard InChI is InChI=1S/C26H36N2O6/c1-15(2)12-26(24(31)32)13-18(14-29)22(20-10-16(3)34-27-20)28(26)23(30)17-8-9-19(25(4,5)6)21(11-17)33-7/h8-11,15,18,22,29H,12-14H2,1-7H3,(H,31,32)/t18-,22-,26+/m1/s1. The van der Waals surface area contributed by atoms with E-state index in [1.165, 1.54) is 4.90 Å². The highest BCUT2D eigenvalue weighted by Gasteiger charge is 2.59. The first-order valence-corrected chi connectivity index (χ1v) is 11.7. The Morgan fingerprint density at radius 1 is 1.29 bits per heavy atom. The van der Waals surface area contributed by atoms with Gasteiger partial charge in [0.2, 0.25) is 0 Å². The number of carboxylic acids is 1. The molecule has 1 saturated heterocycles. The number of amides is 1. The van der Waals surface area contributed by atoms with Crippen molar-refractivity contribution in [1.29, 1.82) is 0 Å². The van der Waals surface area contributed by atoms with Gasteiger partial charge in [-0.1, -0.05) is 45.8 Å². The highest BCUT2D eigenvalue weighted by atomic mass is 16.5. The van der Waals surface area contributed by atoms with Crippen LogP contribution in [0.2, 0.25) is 0 Å². The molecular formula is C26H36N2O6. The van der Waals surface area contributed by atoms with Gasteiger partial charge in [-0.2, -0.15) is 0 Å². The summed E-state index contributed by atoms with van der Waals surface area (Å²) in [6.07, 6.45) is 0.367. The molecule has 1 aromatic heterocycles. The largest absolute Gasteiger partial charge is 0.496 e. The van der Waals surface area contributed by atoms with Gasteiger partial charge in [-0.15, -0.1) is 0 Å². The highest BCUT2D eigenvalue weighted by Crippen LogP contribution is 2.50. The van der Waals surface area contributed by atoms with Gasteiger partial charge in [-0.3, -0.25) is 4.79 Å². The van der Waals surface area contributed by atoms with Crippen LogP contribution < -0.4 is 4.74 Å². The van der Waals surface area contributed by atoms with Crippen LogP contribution in [0.1, 0.15) is 80.9 Å². The fraction of sp³-hybridized carbons (Fsp3) is 0.577. The quantitative estimate of drug-likeness (QED) is 0.616. The Bertz CT molecular complexity index is 1050. The predicted molar refractivity (Wildman–Crippen MR) is 127 cm³/mol. The van der Waals surface area contributed by atoms with Gasteiger partial charge in [0, 0.05) is 24.2 Å². The van der Waals surface area contributed by atoms with Gasteiger partial charge in [0.15, 0.2) is 0 Å². The van der Waals surface area contributed by atoms with Crippen LogP contribution in [0.5, 0.6) is 5.75 Å². The average molecular weight is 473 g/mol. The number of aryl methyl sites for hydroxylation is 1. The Labute approximate surface area is 200 Å². The second kappa shape index (κ2) is 9.41. The van der Waals surface area contributed by atoms with Gasteiger partial charge in [-0.05, 0) is 48.8 Å². The lowest BCUT2D eigenvalue weighted by molar-refractivity contribution is -0.150. The summed E-state index contributed by atoms with van der Waals surface area (Å²) in [4.78, 5) is 28.3. The Morgan fingerprint density at radius 2 is 1.97 bits per heavy atom. The molecule has 34 heavy (non-hydrogen) atoms. The SMILES string of the molecule is COc1cc(C(=O)N2[C@@H](c3cc(C)on3)[C@@H](CO)C[C@@]2(CC(C)C)C(=O)O)ccc1C(C)(C)C. The lowest BCUT2D eigenvalue weighted by Gasteiger charge is -2.39. The number of carboxylic acid groups (broad SMARTS) is 1. The van der Waals surface area contributed by atoms with Crippen molar-refractivity contribution in [3.63, 3.8) is 0 Å². The van der Waals surface area contributed by atoms with Crippen LogP contribution in [0.3, 0.4) is 0 Å². The minimum atomic E-state index is -1.49. The summed E-state index contributed by atoms with van der Waals surface area (Å²) in [6, 6.07) is 6.20. The molecule has 1 aromatic carbocycles. The van der Waals surface area contributed by atoms with Gasteiger partial charge in [-0.25, -0.2) is 4.79 Å². The topological polar surface area (TPSA) is 113 Å². The smallest absolute Gasteiger partial charge is 0.329 e. The van der Waals surface area contributed by atoms with E-state index in [0.717, 1.165) is 5.56 Å². The number of rotatable bonds is 7. The van der Waals surface area contributed by atoms with E-state index in [1.807, 2.05) is 19.9 Å². The van der Waals surface area contributed by atoms with Crippen molar-refractivity contribution in [3.05, 3.63) is 46.8 Å². The first kappa shape index (κ1) is 25.7. The molecule has 8 heteroatoms. The molecule has 3 rings (SSSR count). The summed E-state index contributed by atoms with van der Waals surface area (Å²) in [5.41, 5.74) is 0.00685. The van der Waals surface area contributed by atoms with Crippen molar-refractivity contribution in [2.45, 2.75) is 71.4 Å². The minimum Gasteiger partial charge on any atom is -0.496 e. The Morgan fingerprint density at radius 3 is 2.44 bits per heavy atom. The molecule has 0 spiro atoms. The molecular weight excluding hydrogens is 436 g/mol. The number of nitrogens with zero attached hydrogens (tertiary/aromatic N) is 2. The van der Waals surface area contributed by atoms with Crippen molar-refractivity contribution in [2.75, 3.05) is 13.7 Å². The van der Waals surface area contributed by atoms with Crippen molar-refractivity contribution in [1.82, 2.24) is 10.1 Å². The summed E-state index contributed by atoms with van der Waals surface area (Å²) < 4.78 is 10.9. The average Bonchev–Trinajstić information content (AvgIpc) is 3.32. The monoisotopic (exact) mass is 472 g/mol. The van der Waals surface area contributed by atoms with Crippen LogP contribution in [-0.2, 0) is 10.2 Å². The second-order valence-corrected chi connectivity index (χ2v) is 10.7. The number of carbonyl (C=O) groups excluding carboxylic acids is 1. The summed E-state index contributed by atoms with van der Waals surface area (Å²) >= 11 is 0.